The normalized spacial score (nSPS) is 15.7. The molecule has 2 rings (SSSR count). The second kappa shape index (κ2) is 12.7. The Labute approximate surface area is 164 Å². The van der Waals surface area contributed by atoms with E-state index in [1.54, 1.807) is 0 Å². The van der Waals surface area contributed by atoms with Gasteiger partial charge in [-0.05, 0) is 51.8 Å². The maximum Gasteiger partial charge on any atom is 0.145 e. The zero-order valence-corrected chi connectivity index (χ0v) is 16.9. The fourth-order valence-electron chi connectivity index (χ4n) is 3.61. The molecule has 1 fully saturated rings. The van der Waals surface area contributed by atoms with Gasteiger partial charge in [-0.15, -0.1) is 5.92 Å². The molecule has 0 N–H and O–H groups in total. The number of hydrogen-bond acceptors (Lipinski definition) is 4. The Morgan fingerprint density at radius 1 is 1.22 bits per heavy atom. The molecule has 0 unspecified atom stereocenters. The van der Waals surface area contributed by atoms with Crippen molar-refractivity contribution in [3.63, 3.8) is 0 Å². The molecule has 148 valence electrons. The van der Waals surface area contributed by atoms with Crippen LogP contribution in [0.3, 0.4) is 0 Å². The SMILES string of the molecule is CC(C)N(CC#CCCCOCC=O)C1CCN(Cc2ccccc2)CC1. The van der Waals surface area contributed by atoms with Crippen LogP contribution in [0.4, 0.5) is 0 Å². The number of hydrogen-bond donors (Lipinski definition) is 0. The monoisotopic (exact) mass is 370 g/mol. The van der Waals surface area contributed by atoms with Crippen LogP contribution in [0.2, 0.25) is 0 Å². The number of aldehydes is 1. The highest BCUT2D eigenvalue weighted by Gasteiger charge is 2.25. The van der Waals surface area contributed by atoms with Crippen molar-refractivity contribution in [2.24, 2.45) is 0 Å². The molecule has 1 saturated heterocycles. The molecular weight excluding hydrogens is 336 g/mol. The molecule has 0 radical (unpaired) electrons. The number of unbranched alkanes of at least 4 members (excludes halogenated alkanes) is 1. The highest BCUT2D eigenvalue weighted by molar-refractivity contribution is 5.50. The van der Waals surface area contributed by atoms with Crippen LogP contribution in [0.25, 0.3) is 0 Å². The number of carbonyl (C=O) groups is 1. The molecule has 4 heteroatoms. The summed E-state index contributed by atoms with van der Waals surface area (Å²) in [5.41, 5.74) is 1.40. The van der Waals surface area contributed by atoms with E-state index < -0.39 is 0 Å². The molecule has 0 aliphatic carbocycles. The molecule has 0 saturated carbocycles. The Morgan fingerprint density at radius 3 is 2.63 bits per heavy atom. The number of benzene rings is 1. The molecule has 0 aromatic heterocycles. The summed E-state index contributed by atoms with van der Waals surface area (Å²) in [5.74, 6) is 6.60. The fourth-order valence-corrected chi connectivity index (χ4v) is 3.61. The van der Waals surface area contributed by atoms with Gasteiger partial charge in [-0.3, -0.25) is 9.80 Å². The molecular formula is C23H34N2O2. The first-order valence-corrected chi connectivity index (χ1v) is 10.2. The first kappa shape index (κ1) is 21.6. The van der Waals surface area contributed by atoms with Gasteiger partial charge >= 0.3 is 0 Å². The minimum absolute atomic E-state index is 0.192. The molecule has 1 aliphatic rings. The number of piperidine rings is 1. The van der Waals surface area contributed by atoms with E-state index in [1.807, 2.05) is 0 Å². The van der Waals surface area contributed by atoms with Crippen molar-refractivity contribution in [1.29, 1.82) is 0 Å². The Morgan fingerprint density at radius 2 is 1.96 bits per heavy atom. The van der Waals surface area contributed by atoms with E-state index in [0.29, 0.717) is 18.7 Å². The Kier molecular flexibility index (Phi) is 10.1. The Bertz CT molecular complexity index is 583. The molecule has 1 aliphatic heterocycles. The first-order valence-electron chi connectivity index (χ1n) is 10.2. The minimum atomic E-state index is 0.192. The van der Waals surface area contributed by atoms with Crippen LogP contribution >= 0.6 is 0 Å². The third-order valence-electron chi connectivity index (χ3n) is 5.10. The van der Waals surface area contributed by atoms with E-state index in [0.717, 1.165) is 45.3 Å². The summed E-state index contributed by atoms with van der Waals surface area (Å²) in [6.45, 7) is 9.56. The van der Waals surface area contributed by atoms with Gasteiger partial charge in [0.15, 0.2) is 0 Å². The molecule has 0 atom stereocenters. The van der Waals surface area contributed by atoms with E-state index >= 15 is 0 Å². The van der Waals surface area contributed by atoms with E-state index in [4.69, 9.17) is 4.74 Å². The Hall–Kier alpha value is -1.67. The van der Waals surface area contributed by atoms with Crippen LogP contribution in [-0.4, -0.2) is 61.0 Å². The van der Waals surface area contributed by atoms with Gasteiger partial charge in [0.1, 0.15) is 12.9 Å². The lowest BCUT2D eigenvalue weighted by molar-refractivity contribution is -0.111. The van der Waals surface area contributed by atoms with Crippen LogP contribution in [0.1, 0.15) is 45.1 Å². The molecule has 27 heavy (non-hydrogen) atoms. The second-order valence-corrected chi connectivity index (χ2v) is 7.46. The second-order valence-electron chi connectivity index (χ2n) is 7.46. The standard InChI is InChI=1S/C23H34N2O2/c1-21(2)25(14-8-3-4-9-18-27-19-17-26)23-12-15-24(16-13-23)20-22-10-6-5-7-11-22/h5-7,10-11,17,21,23H,4,9,12-16,18-20H2,1-2H3. The van der Waals surface area contributed by atoms with Crippen LogP contribution in [0, 0.1) is 11.8 Å². The zero-order chi connectivity index (χ0) is 19.3. The number of carbonyl (C=O) groups excluding carboxylic acids is 1. The van der Waals surface area contributed by atoms with Crippen LogP contribution in [0.5, 0.6) is 0 Å². The average Bonchev–Trinajstić information content (AvgIpc) is 2.68. The summed E-state index contributed by atoms with van der Waals surface area (Å²) in [4.78, 5) is 15.3. The van der Waals surface area contributed by atoms with E-state index in [1.165, 1.54) is 18.4 Å². The number of ether oxygens (including phenoxy) is 1. The van der Waals surface area contributed by atoms with Gasteiger partial charge < -0.3 is 9.53 Å². The minimum Gasteiger partial charge on any atom is -0.374 e. The summed E-state index contributed by atoms with van der Waals surface area (Å²) in [5, 5.41) is 0. The van der Waals surface area contributed by atoms with Crippen molar-refractivity contribution in [2.45, 2.75) is 58.2 Å². The Balaban J connectivity index is 1.71. The number of likely N-dealkylation sites (tertiary alicyclic amines) is 1. The first-order chi connectivity index (χ1) is 13.2. The van der Waals surface area contributed by atoms with Crippen LogP contribution in [0.15, 0.2) is 30.3 Å². The summed E-state index contributed by atoms with van der Waals surface area (Å²) in [6, 6.07) is 11.9. The zero-order valence-electron chi connectivity index (χ0n) is 16.9. The van der Waals surface area contributed by atoms with Crippen LogP contribution < -0.4 is 0 Å². The fraction of sp³-hybridized carbons (Fsp3) is 0.609. The van der Waals surface area contributed by atoms with Gasteiger partial charge in [0.2, 0.25) is 0 Å². The maximum atomic E-state index is 10.2. The average molecular weight is 371 g/mol. The molecule has 0 amide bonds. The van der Waals surface area contributed by atoms with E-state index in [9.17, 15) is 4.79 Å². The van der Waals surface area contributed by atoms with Crippen molar-refractivity contribution in [2.75, 3.05) is 32.8 Å². The molecule has 1 aromatic carbocycles. The summed E-state index contributed by atoms with van der Waals surface area (Å²) in [7, 11) is 0. The van der Waals surface area contributed by atoms with E-state index in [2.05, 4.69) is 65.8 Å². The number of rotatable bonds is 10. The van der Waals surface area contributed by atoms with Gasteiger partial charge in [-0.25, -0.2) is 0 Å². The van der Waals surface area contributed by atoms with Gasteiger partial charge in [0.05, 0.1) is 6.54 Å². The quantitative estimate of drug-likeness (QED) is 0.359. The largest absolute Gasteiger partial charge is 0.374 e. The smallest absolute Gasteiger partial charge is 0.145 e. The van der Waals surface area contributed by atoms with Crippen LogP contribution in [-0.2, 0) is 16.1 Å². The summed E-state index contributed by atoms with van der Waals surface area (Å²) >= 11 is 0. The highest BCUT2D eigenvalue weighted by Crippen LogP contribution is 2.20. The summed E-state index contributed by atoms with van der Waals surface area (Å²) in [6.07, 6.45) is 4.94. The molecule has 1 aromatic rings. The van der Waals surface area contributed by atoms with E-state index in [-0.39, 0.29) is 6.61 Å². The molecule has 4 nitrogen and oxygen atoms in total. The van der Waals surface area contributed by atoms with Crippen molar-refractivity contribution >= 4 is 6.29 Å². The van der Waals surface area contributed by atoms with Crippen molar-refractivity contribution < 1.29 is 9.53 Å². The van der Waals surface area contributed by atoms with Crippen molar-refractivity contribution in [1.82, 2.24) is 9.80 Å². The van der Waals surface area contributed by atoms with Gasteiger partial charge in [0, 0.05) is 31.7 Å². The van der Waals surface area contributed by atoms with Gasteiger partial charge in [0.25, 0.3) is 0 Å². The van der Waals surface area contributed by atoms with Gasteiger partial charge in [-0.2, -0.15) is 0 Å². The lowest BCUT2D eigenvalue weighted by Crippen LogP contribution is -2.47. The predicted octanol–water partition coefficient (Wildman–Crippen LogP) is 3.36. The number of nitrogens with zero attached hydrogens (tertiary/aromatic N) is 2. The summed E-state index contributed by atoms with van der Waals surface area (Å²) < 4.78 is 5.15. The predicted molar refractivity (Wildman–Crippen MR) is 110 cm³/mol. The molecule has 0 spiro atoms. The maximum absolute atomic E-state index is 10.2. The highest BCUT2D eigenvalue weighted by atomic mass is 16.5. The third kappa shape index (κ3) is 8.26. The lowest BCUT2D eigenvalue weighted by atomic mass is 10.0. The molecule has 1 heterocycles. The molecule has 0 bridgehead atoms. The topological polar surface area (TPSA) is 32.8 Å². The lowest BCUT2D eigenvalue weighted by Gasteiger charge is -2.39. The van der Waals surface area contributed by atoms with Crippen molar-refractivity contribution in [3.05, 3.63) is 35.9 Å². The van der Waals surface area contributed by atoms with Crippen molar-refractivity contribution in [3.8, 4) is 11.8 Å². The third-order valence-corrected chi connectivity index (χ3v) is 5.10. The van der Waals surface area contributed by atoms with Gasteiger partial charge in [-0.1, -0.05) is 36.3 Å².